The number of rotatable bonds is 3. The Morgan fingerprint density at radius 2 is 1.77 bits per heavy atom. The van der Waals surface area contributed by atoms with Crippen LogP contribution in [0.25, 0.3) is 0 Å². The van der Waals surface area contributed by atoms with Gasteiger partial charge in [0.1, 0.15) is 0 Å². The Balaban J connectivity index is 0.00000128. The number of nitrogens with zero attached hydrogens (tertiary/aromatic N) is 3. The van der Waals surface area contributed by atoms with Gasteiger partial charge in [0, 0.05) is 43.4 Å². The highest BCUT2D eigenvalue weighted by Crippen LogP contribution is 2.38. The van der Waals surface area contributed by atoms with Crippen LogP contribution in [-0.2, 0) is 17.9 Å². The Morgan fingerprint density at radius 1 is 1.03 bits per heavy atom. The van der Waals surface area contributed by atoms with Crippen LogP contribution in [0, 0.1) is 5.92 Å². The van der Waals surface area contributed by atoms with Crippen molar-refractivity contribution in [3.63, 3.8) is 0 Å². The van der Waals surface area contributed by atoms with E-state index in [4.69, 9.17) is 5.73 Å². The average Bonchev–Trinajstić information content (AvgIpc) is 2.69. The van der Waals surface area contributed by atoms with E-state index in [1.165, 1.54) is 19.3 Å². The first kappa shape index (κ1) is 23.6. The third kappa shape index (κ3) is 4.16. The molecule has 1 aromatic heterocycles. The van der Waals surface area contributed by atoms with E-state index in [-0.39, 0.29) is 42.2 Å². The predicted octanol–water partition coefficient (Wildman–Crippen LogP) is 2.50. The highest BCUT2D eigenvalue weighted by atomic mass is 35.5. The number of carbonyl (C=O) groups is 1. The maximum atomic E-state index is 13.2. The number of amides is 1. The number of nitrogens with two attached hydrogens (primary N) is 1. The first-order chi connectivity index (χ1) is 13.5. The van der Waals surface area contributed by atoms with Crippen LogP contribution in [-0.4, -0.2) is 52.0 Å². The van der Waals surface area contributed by atoms with Crippen LogP contribution >= 0.6 is 24.8 Å². The summed E-state index contributed by atoms with van der Waals surface area (Å²) in [5, 5.41) is 0. The van der Waals surface area contributed by atoms with Crippen LogP contribution in [0.4, 0.5) is 0 Å². The third-order valence-corrected chi connectivity index (χ3v) is 7.48. The van der Waals surface area contributed by atoms with Crippen molar-refractivity contribution in [3.05, 3.63) is 33.7 Å². The molecule has 3 fully saturated rings. The van der Waals surface area contributed by atoms with Gasteiger partial charge in [0.05, 0.1) is 5.54 Å². The molecular formula is C22H34Cl2N4O2. The molecule has 2 atom stereocenters. The van der Waals surface area contributed by atoms with Gasteiger partial charge in [-0.05, 0) is 63.6 Å². The van der Waals surface area contributed by atoms with Crippen molar-refractivity contribution >= 4 is 30.7 Å². The first-order valence-electron chi connectivity index (χ1n) is 11.1. The molecule has 0 radical (unpaired) electrons. The van der Waals surface area contributed by atoms with Gasteiger partial charge in [0.15, 0.2) is 0 Å². The summed E-state index contributed by atoms with van der Waals surface area (Å²) in [6, 6.07) is 4.19. The van der Waals surface area contributed by atoms with Gasteiger partial charge in [-0.15, -0.1) is 24.8 Å². The van der Waals surface area contributed by atoms with Crippen molar-refractivity contribution in [1.82, 2.24) is 14.4 Å². The molecule has 2 bridgehead atoms. The van der Waals surface area contributed by atoms with Crippen molar-refractivity contribution in [2.75, 3.05) is 26.2 Å². The molecule has 30 heavy (non-hydrogen) atoms. The minimum Gasteiger partial charge on any atom is -0.340 e. The summed E-state index contributed by atoms with van der Waals surface area (Å²) in [5.74, 6) is 0.754. The minimum absolute atomic E-state index is 0. The maximum Gasteiger partial charge on any atom is 0.255 e. The molecule has 0 aromatic carbocycles. The van der Waals surface area contributed by atoms with Gasteiger partial charge >= 0.3 is 0 Å². The summed E-state index contributed by atoms with van der Waals surface area (Å²) in [6.45, 7) is 5.17. The molecule has 2 N–H and O–H groups in total. The molecule has 4 aliphatic rings. The van der Waals surface area contributed by atoms with Gasteiger partial charge in [-0.3, -0.25) is 14.5 Å². The quantitative estimate of drug-likeness (QED) is 0.757. The van der Waals surface area contributed by atoms with Crippen molar-refractivity contribution in [2.45, 2.75) is 69.5 Å². The van der Waals surface area contributed by atoms with Crippen molar-refractivity contribution in [3.8, 4) is 0 Å². The largest absolute Gasteiger partial charge is 0.340 e. The smallest absolute Gasteiger partial charge is 0.255 e. The van der Waals surface area contributed by atoms with E-state index in [0.717, 1.165) is 69.7 Å². The second-order valence-electron chi connectivity index (χ2n) is 9.55. The standard InChI is InChI=1S/C22H32N4O2.2ClH/c23-22(7-4-8-22)21(28)25-12-16-11-18(15-25)19-6-5-17(20(27)26(19)13-16)14-24-9-2-1-3-10-24;;/h5-6,16,18H,1-4,7-15,23H2;2*1H/t16-,18+;;/m0../s1. The number of likely N-dealkylation sites (tertiary alicyclic amines) is 2. The molecule has 168 valence electrons. The zero-order valence-electron chi connectivity index (χ0n) is 17.6. The van der Waals surface area contributed by atoms with Crippen LogP contribution in [0.15, 0.2) is 16.9 Å². The van der Waals surface area contributed by atoms with Crippen LogP contribution in [0.3, 0.4) is 0 Å². The zero-order chi connectivity index (χ0) is 19.3. The lowest BCUT2D eigenvalue weighted by atomic mass is 9.75. The molecule has 1 aromatic rings. The second kappa shape index (κ2) is 9.19. The molecule has 5 rings (SSSR count). The fourth-order valence-electron chi connectivity index (χ4n) is 5.72. The van der Waals surface area contributed by atoms with E-state index >= 15 is 0 Å². The Kier molecular flexibility index (Phi) is 7.22. The molecule has 0 spiro atoms. The SMILES string of the molecule is Cl.Cl.NC1(C(=O)N2C[C@@H]3C[C@H](C2)c2ccc(CN4CCCCC4)c(=O)n2C3)CCC1. The third-order valence-electron chi connectivity index (χ3n) is 7.48. The predicted molar refractivity (Wildman–Crippen MR) is 123 cm³/mol. The molecule has 1 aliphatic carbocycles. The minimum atomic E-state index is -0.621. The fraction of sp³-hybridized carbons (Fsp3) is 0.727. The lowest BCUT2D eigenvalue weighted by Gasteiger charge is -2.47. The van der Waals surface area contributed by atoms with E-state index in [1.807, 2.05) is 15.5 Å². The van der Waals surface area contributed by atoms with Crippen LogP contribution < -0.4 is 11.3 Å². The van der Waals surface area contributed by atoms with Crippen LogP contribution in [0.5, 0.6) is 0 Å². The summed E-state index contributed by atoms with van der Waals surface area (Å²) in [5.41, 5.74) is 7.91. The van der Waals surface area contributed by atoms with Gasteiger partial charge in [0.25, 0.3) is 5.56 Å². The van der Waals surface area contributed by atoms with Crippen molar-refractivity contribution < 1.29 is 4.79 Å². The molecule has 3 aliphatic heterocycles. The molecule has 2 saturated heterocycles. The second-order valence-corrected chi connectivity index (χ2v) is 9.55. The Hall–Kier alpha value is -1.08. The molecule has 1 amide bonds. The molecule has 6 nitrogen and oxygen atoms in total. The van der Waals surface area contributed by atoms with E-state index in [1.54, 1.807) is 0 Å². The van der Waals surface area contributed by atoms with E-state index < -0.39 is 5.54 Å². The molecule has 1 saturated carbocycles. The van der Waals surface area contributed by atoms with Gasteiger partial charge in [-0.1, -0.05) is 12.5 Å². The van der Waals surface area contributed by atoms with E-state index in [0.29, 0.717) is 12.5 Å². The van der Waals surface area contributed by atoms with Crippen molar-refractivity contribution in [2.24, 2.45) is 11.7 Å². The Labute approximate surface area is 191 Å². The fourth-order valence-corrected chi connectivity index (χ4v) is 5.72. The van der Waals surface area contributed by atoms with Crippen LogP contribution in [0.1, 0.15) is 62.1 Å². The highest BCUT2D eigenvalue weighted by molar-refractivity contribution is 5.87. The summed E-state index contributed by atoms with van der Waals surface area (Å²) in [6.07, 6.45) is 7.54. The molecule has 8 heteroatoms. The van der Waals surface area contributed by atoms with Crippen LogP contribution in [0.2, 0.25) is 0 Å². The summed E-state index contributed by atoms with van der Waals surface area (Å²) < 4.78 is 2.02. The molecular weight excluding hydrogens is 423 g/mol. The Bertz CT molecular complexity index is 833. The number of pyridine rings is 1. The zero-order valence-corrected chi connectivity index (χ0v) is 19.2. The van der Waals surface area contributed by atoms with Gasteiger partial charge in [-0.25, -0.2) is 0 Å². The molecule has 4 heterocycles. The number of hydrogen-bond donors (Lipinski definition) is 1. The molecule has 0 unspecified atom stereocenters. The number of fused-ring (bicyclic) bond motifs is 4. The average molecular weight is 457 g/mol. The summed E-state index contributed by atoms with van der Waals surface area (Å²) in [4.78, 5) is 30.5. The number of carbonyl (C=O) groups excluding carboxylic acids is 1. The summed E-state index contributed by atoms with van der Waals surface area (Å²) >= 11 is 0. The lowest BCUT2D eigenvalue weighted by Crippen LogP contribution is -2.62. The van der Waals surface area contributed by atoms with Crippen molar-refractivity contribution in [1.29, 1.82) is 0 Å². The van der Waals surface area contributed by atoms with E-state index in [9.17, 15) is 9.59 Å². The van der Waals surface area contributed by atoms with Gasteiger partial charge < -0.3 is 15.2 Å². The van der Waals surface area contributed by atoms with Gasteiger partial charge in [-0.2, -0.15) is 0 Å². The lowest BCUT2D eigenvalue weighted by molar-refractivity contribution is -0.143. The highest BCUT2D eigenvalue weighted by Gasteiger charge is 2.46. The topological polar surface area (TPSA) is 71.6 Å². The number of aromatic nitrogens is 1. The summed E-state index contributed by atoms with van der Waals surface area (Å²) in [7, 11) is 0. The first-order valence-corrected chi connectivity index (χ1v) is 11.1. The normalized spacial score (nSPS) is 27.2. The Morgan fingerprint density at radius 3 is 2.43 bits per heavy atom. The number of hydrogen-bond acceptors (Lipinski definition) is 4. The number of halogens is 2. The van der Waals surface area contributed by atoms with Gasteiger partial charge in [0.2, 0.25) is 5.91 Å². The monoisotopic (exact) mass is 456 g/mol. The number of piperidine rings is 2. The maximum absolute atomic E-state index is 13.2. The van der Waals surface area contributed by atoms with E-state index in [2.05, 4.69) is 11.0 Å².